The molecule has 2 atom stereocenters. The van der Waals surface area contributed by atoms with Gasteiger partial charge in [0.05, 0.1) is 17.8 Å². The van der Waals surface area contributed by atoms with Crippen molar-refractivity contribution in [2.24, 2.45) is 5.92 Å². The van der Waals surface area contributed by atoms with Crippen LogP contribution < -0.4 is 0 Å². The molecule has 2 heteroatoms. The minimum atomic E-state index is -0.376. The van der Waals surface area contributed by atoms with E-state index in [4.69, 9.17) is 4.74 Å². The molecule has 1 N–H and O–H groups in total. The number of aliphatic hydroxyl groups is 1. The lowest BCUT2D eigenvalue weighted by Crippen LogP contribution is -2.42. The van der Waals surface area contributed by atoms with Gasteiger partial charge >= 0.3 is 0 Å². The molecule has 3 rings (SSSR count). The minimum Gasteiger partial charge on any atom is -0.390 e. The Kier molecular flexibility index (Phi) is 2.52. The van der Waals surface area contributed by atoms with Crippen LogP contribution >= 0.6 is 0 Å². The first kappa shape index (κ1) is 10.1. The Hall–Kier alpha value is -0.0800. The third-order valence-corrected chi connectivity index (χ3v) is 4.55. The number of ether oxygens (including phenoxy) is 1. The van der Waals surface area contributed by atoms with Crippen molar-refractivity contribution in [1.82, 2.24) is 0 Å². The van der Waals surface area contributed by atoms with Gasteiger partial charge in [0.1, 0.15) is 0 Å². The molecule has 2 aliphatic heterocycles. The molecule has 2 heterocycles. The van der Waals surface area contributed by atoms with Crippen LogP contribution in [0, 0.1) is 5.92 Å². The predicted molar refractivity (Wildman–Crippen MR) is 58.7 cm³/mol. The quantitative estimate of drug-likeness (QED) is 0.759. The van der Waals surface area contributed by atoms with Crippen molar-refractivity contribution in [1.29, 1.82) is 0 Å². The Morgan fingerprint density at radius 3 is 2.20 bits per heavy atom. The number of hydrogen-bond acceptors (Lipinski definition) is 2. The summed E-state index contributed by atoms with van der Waals surface area (Å²) in [4.78, 5) is 0. The minimum absolute atomic E-state index is 0.371. The molecule has 0 spiro atoms. The van der Waals surface area contributed by atoms with Crippen LogP contribution in [0.25, 0.3) is 0 Å². The number of hydrogen-bond donors (Lipinski definition) is 1. The summed E-state index contributed by atoms with van der Waals surface area (Å²) in [7, 11) is 0. The van der Waals surface area contributed by atoms with Crippen molar-refractivity contribution < 1.29 is 9.84 Å². The first-order chi connectivity index (χ1) is 7.23. The third-order valence-electron chi connectivity index (χ3n) is 4.55. The Balaban J connectivity index is 1.63. The molecule has 15 heavy (non-hydrogen) atoms. The summed E-state index contributed by atoms with van der Waals surface area (Å²) in [6, 6.07) is 0. The normalized spacial score (nSPS) is 46.2. The zero-order valence-corrected chi connectivity index (χ0v) is 9.45. The molecule has 2 nitrogen and oxygen atoms in total. The van der Waals surface area contributed by atoms with Gasteiger partial charge < -0.3 is 9.84 Å². The van der Waals surface area contributed by atoms with Crippen LogP contribution in [0.5, 0.6) is 0 Å². The second-order valence-corrected chi connectivity index (χ2v) is 5.94. The standard InChI is InChI=1S/C13H22O2/c14-13(7-10-3-1-2-4-10)8-11-5-6-12(9-13)15-11/h10-12,14H,1-9H2. The van der Waals surface area contributed by atoms with Crippen molar-refractivity contribution in [3.8, 4) is 0 Å². The summed E-state index contributed by atoms with van der Waals surface area (Å²) < 4.78 is 5.80. The summed E-state index contributed by atoms with van der Waals surface area (Å²) in [5, 5.41) is 10.6. The van der Waals surface area contributed by atoms with E-state index < -0.39 is 0 Å². The first-order valence-corrected chi connectivity index (χ1v) is 6.61. The van der Waals surface area contributed by atoms with E-state index in [1.54, 1.807) is 0 Å². The van der Waals surface area contributed by atoms with Gasteiger partial charge in [-0.1, -0.05) is 25.7 Å². The average molecular weight is 210 g/mol. The van der Waals surface area contributed by atoms with Crippen molar-refractivity contribution in [3.05, 3.63) is 0 Å². The van der Waals surface area contributed by atoms with Gasteiger partial charge in [0.25, 0.3) is 0 Å². The molecule has 0 aromatic heterocycles. The number of rotatable bonds is 2. The fraction of sp³-hybridized carbons (Fsp3) is 1.00. The summed E-state index contributed by atoms with van der Waals surface area (Å²) in [6.45, 7) is 0. The molecule has 1 saturated carbocycles. The van der Waals surface area contributed by atoms with Crippen LogP contribution in [0.1, 0.15) is 57.8 Å². The van der Waals surface area contributed by atoms with Crippen molar-refractivity contribution >= 4 is 0 Å². The van der Waals surface area contributed by atoms with Crippen LogP contribution in [-0.4, -0.2) is 22.9 Å². The largest absolute Gasteiger partial charge is 0.390 e. The molecule has 0 aromatic carbocycles. The second-order valence-electron chi connectivity index (χ2n) is 5.94. The van der Waals surface area contributed by atoms with E-state index >= 15 is 0 Å². The van der Waals surface area contributed by atoms with Crippen LogP contribution in [0.15, 0.2) is 0 Å². The molecular formula is C13H22O2. The molecule has 3 fully saturated rings. The first-order valence-electron chi connectivity index (χ1n) is 6.61. The summed E-state index contributed by atoms with van der Waals surface area (Å²) >= 11 is 0. The van der Waals surface area contributed by atoms with E-state index in [0.29, 0.717) is 12.2 Å². The van der Waals surface area contributed by atoms with Crippen LogP contribution in [0.3, 0.4) is 0 Å². The molecular weight excluding hydrogens is 188 g/mol. The maximum Gasteiger partial charge on any atom is 0.0699 e. The van der Waals surface area contributed by atoms with Crippen molar-refractivity contribution in [2.75, 3.05) is 0 Å². The lowest BCUT2D eigenvalue weighted by Gasteiger charge is -2.38. The monoisotopic (exact) mass is 210 g/mol. The van der Waals surface area contributed by atoms with E-state index in [9.17, 15) is 5.11 Å². The third kappa shape index (κ3) is 2.07. The summed E-state index contributed by atoms with van der Waals surface area (Å²) in [6.07, 6.45) is 11.4. The second kappa shape index (κ2) is 3.74. The zero-order valence-electron chi connectivity index (χ0n) is 9.45. The molecule has 2 bridgehead atoms. The van der Waals surface area contributed by atoms with Crippen molar-refractivity contribution in [2.45, 2.75) is 75.6 Å². The SMILES string of the molecule is OC1(CC2CCCC2)CC2CCC(C1)O2. The van der Waals surface area contributed by atoms with Crippen molar-refractivity contribution in [3.63, 3.8) is 0 Å². The highest BCUT2D eigenvalue weighted by Gasteiger charge is 2.44. The summed E-state index contributed by atoms with van der Waals surface area (Å²) in [5.74, 6) is 0.799. The van der Waals surface area contributed by atoms with E-state index in [0.717, 1.165) is 25.2 Å². The average Bonchev–Trinajstić information content (AvgIpc) is 2.76. The predicted octanol–water partition coefficient (Wildman–Crippen LogP) is 2.64. The van der Waals surface area contributed by atoms with E-state index in [2.05, 4.69) is 0 Å². The smallest absolute Gasteiger partial charge is 0.0699 e. The van der Waals surface area contributed by atoms with E-state index in [1.165, 1.54) is 38.5 Å². The maximum atomic E-state index is 10.6. The highest BCUT2D eigenvalue weighted by molar-refractivity contribution is 4.95. The van der Waals surface area contributed by atoms with Gasteiger partial charge in [0.15, 0.2) is 0 Å². The van der Waals surface area contributed by atoms with Gasteiger partial charge in [-0.25, -0.2) is 0 Å². The van der Waals surface area contributed by atoms with Crippen LogP contribution in [0.4, 0.5) is 0 Å². The molecule has 0 aromatic rings. The van der Waals surface area contributed by atoms with Gasteiger partial charge in [0, 0.05) is 12.8 Å². The molecule has 3 aliphatic rings. The fourth-order valence-corrected chi connectivity index (χ4v) is 3.93. The molecule has 0 amide bonds. The molecule has 1 aliphatic carbocycles. The topological polar surface area (TPSA) is 29.5 Å². The lowest BCUT2D eigenvalue weighted by atomic mass is 9.81. The number of fused-ring (bicyclic) bond motifs is 2. The highest BCUT2D eigenvalue weighted by atomic mass is 16.5. The van der Waals surface area contributed by atoms with Gasteiger partial charge in [-0.15, -0.1) is 0 Å². The summed E-state index contributed by atoms with van der Waals surface area (Å²) in [5.41, 5.74) is -0.376. The highest BCUT2D eigenvalue weighted by Crippen LogP contribution is 2.43. The Morgan fingerprint density at radius 1 is 1.00 bits per heavy atom. The maximum absolute atomic E-state index is 10.6. The molecule has 2 unspecified atom stereocenters. The van der Waals surface area contributed by atoms with Crippen LogP contribution in [0.2, 0.25) is 0 Å². The Morgan fingerprint density at radius 2 is 1.60 bits per heavy atom. The van der Waals surface area contributed by atoms with E-state index in [-0.39, 0.29) is 5.60 Å². The van der Waals surface area contributed by atoms with Gasteiger partial charge in [-0.3, -0.25) is 0 Å². The Labute approximate surface area is 92.0 Å². The van der Waals surface area contributed by atoms with Crippen LogP contribution in [-0.2, 0) is 4.74 Å². The van der Waals surface area contributed by atoms with E-state index in [1.807, 2.05) is 0 Å². The van der Waals surface area contributed by atoms with Gasteiger partial charge in [0.2, 0.25) is 0 Å². The lowest BCUT2D eigenvalue weighted by molar-refractivity contribution is -0.120. The molecule has 86 valence electrons. The molecule has 0 radical (unpaired) electrons. The fourth-order valence-electron chi connectivity index (χ4n) is 3.93. The van der Waals surface area contributed by atoms with Gasteiger partial charge in [-0.05, 0) is 25.2 Å². The Bertz CT molecular complexity index is 221. The zero-order chi connectivity index (χ0) is 10.3. The molecule has 2 saturated heterocycles. The van der Waals surface area contributed by atoms with Gasteiger partial charge in [-0.2, -0.15) is 0 Å².